The van der Waals surface area contributed by atoms with Gasteiger partial charge in [0.15, 0.2) is 0 Å². The molecule has 1 atom stereocenters. The molecule has 0 aliphatic carbocycles. The Morgan fingerprint density at radius 1 is 1.22 bits per heavy atom. The van der Waals surface area contributed by atoms with Crippen molar-refractivity contribution in [2.75, 3.05) is 18.4 Å². The maximum absolute atomic E-state index is 13.1. The summed E-state index contributed by atoms with van der Waals surface area (Å²) >= 11 is 0. The lowest BCUT2D eigenvalue weighted by Crippen LogP contribution is -2.34. The molecular weight excluding hydrogens is 295 g/mol. The molecule has 4 nitrogen and oxygen atoms in total. The van der Waals surface area contributed by atoms with Crippen molar-refractivity contribution < 1.29 is 13.9 Å². The normalized spacial score (nSPS) is 17.3. The topological polar surface area (TPSA) is 41.6 Å². The number of amides is 2. The van der Waals surface area contributed by atoms with Crippen LogP contribution in [-0.2, 0) is 11.3 Å². The Morgan fingerprint density at radius 3 is 2.83 bits per heavy atom. The number of carbonyl (C=O) groups is 1. The summed E-state index contributed by atoms with van der Waals surface area (Å²) in [4.78, 5) is 13.9. The van der Waals surface area contributed by atoms with Crippen molar-refractivity contribution >= 4 is 11.7 Å². The van der Waals surface area contributed by atoms with Gasteiger partial charge in [-0.15, -0.1) is 0 Å². The minimum atomic E-state index is -0.367. The Kier molecular flexibility index (Phi) is 4.88. The van der Waals surface area contributed by atoms with Gasteiger partial charge in [-0.05, 0) is 30.2 Å². The van der Waals surface area contributed by atoms with E-state index in [4.69, 9.17) is 4.74 Å². The van der Waals surface area contributed by atoms with Crippen molar-refractivity contribution in [1.82, 2.24) is 4.90 Å². The third-order valence-electron chi connectivity index (χ3n) is 3.84. The van der Waals surface area contributed by atoms with Gasteiger partial charge in [-0.2, -0.15) is 0 Å². The molecule has 1 N–H and O–H groups in total. The summed E-state index contributed by atoms with van der Waals surface area (Å²) in [6.07, 6.45) is 0.845. The van der Waals surface area contributed by atoms with Gasteiger partial charge in [-0.25, -0.2) is 9.18 Å². The fraction of sp³-hybridized carbons (Fsp3) is 0.278. The van der Waals surface area contributed by atoms with Crippen LogP contribution in [0.15, 0.2) is 54.6 Å². The molecule has 0 spiro atoms. The first-order valence-electron chi connectivity index (χ1n) is 7.68. The summed E-state index contributed by atoms with van der Waals surface area (Å²) in [5, 5.41) is 2.71. The SMILES string of the molecule is O=C(Nc1cccc(F)c1)N1CCC(OCc2ccccc2)C1. The maximum atomic E-state index is 13.1. The van der Waals surface area contributed by atoms with Crippen LogP contribution in [0.4, 0.5) is 14.9 Å². The highest BCUT2D eigenvalue weighted by molar-refractivity contribution is 5.89. The van der Waals surface area contributed by atoms with Gasteiger partial charge in [0.25, 0.3) is 0 Å². The summed E-state index contributed by atoms with van der Waals surface area (Å²) in [5.41, 5.74) is 1.58. The van der Waals surface area contributed by atoms with Crippen LogP contribution in [0.5, 0.6) is 0 Å². The van der Waals surface area contributed by atoms with E-state index in [1.807, 2.05) is 30.3 Å². The van der Waals surface area contributed by atoms with Gasteiger partial charge in [0.2, 0.25) is 0 Å². The van der Waals surface area contributed by atoms with E-state index < -0.39 is 0 Å². The number of benzene rings is 2. The van der Waals surface area contributed by atoms with Crippen LogP contribution in [-0.4, -0.2) is 30.1 Å². The van der Waals surface area contributed by atoms with Crippen molar-refractivity contribution in [2.45, 2.75) is 19.1 Å². The van der Waals surface area contributed by atoms with Crippen LogP contribution in [0.3, 0.4) is 0 Å². The first kappa shape index (κ1) is 15.5. The van der Waals surface area contributed by atoms with Gasteiger partial charge >= 0.3 is 6.03 Å². The molecule has 2 aromatic carbocycles. The average Bonchev–Trinajstić information content (AvgIpc) is 3.03. The Balaban J connectivity index is 1.48. The molecule has 120 valence electrons. The molecule has 2 aromatic rings. The van der Waals surface area contributed by atoms with Crippen LogP contribution in [0.2, 0.25) is 0 Å². The number of halogens is 1. The minimum Gasteiger partial charge on any atom is -0.372 e. The first-order valence-corrected chi connectivity index (χ1v) is 7.68. The smallest absolute Gasteiger partial charge is 0.321 e. The fourth-order valence-corrected chi connectivity index (χ4v) is 2.61. The lowest BCUT2D eigenvalue weighted by Gasteiger charge is -2.17. The zero-order valence-electron chi connectivity index (χ0n) is 12.7. The number of anilines is 1. The molecule has 1 saturated heterocycles. The molecule has 23 heavy (non-hydrogen) atoms. The second-order valence-electron chi connectivity index (χ2n) is 5.59. The molecule has 1 unspecified atom stereocenters. The largest absolute Gasteiger partial charge is 0.372 e. The summed E-state index contributed by atoms with van der Waals surface area (Å²) in [5.74, 6) is -0.367. The quantitative estimate of drug-likeness (QED) is 0.936. The van der Waals surface area contributed by atoms with E-state index in [0.717, 1.165) is 12.0 Å². The summed E-state index contributed by atoms with van der Waals surface area (Å²) in [6, 6.07) is 15.6. The van der Waals surface area contributed by atoms with Crippen LogP contribution < -0.4 is 5.32 Å². The highest BCUT2D eigenvalue weighted by atomic mass is 19.1. The molecule has 0 saturated carbocycles. The molecule has 1 heterocycles. The van der Waals surface area contributed by atoms with E-state index in [2.05, 4.69) is 5.32 Å². The molecule has 1 aliphatic rings. The second-order valence-corrected chi connectivity index (χ2v) is 5.59. The Bertz CT molecular complexity index is 663. The Hall–Kier alpha value is -2.40. The number of rotatable bonds is 4. The van der Waals surface area contributed by atoms with Crippen LogP contribution in [0.1, 0.15) is 12.0 Å². The standard InChI is InChI=1S/C18H19FN2O2/c19-15-7-4-8-16(11-15)20-18(22)21-10-9-17(12-21)23-13-14-5-2-1-3-6-14/h1-8,11,17H,9-10,12-13H2,(H,20,22). The summed E-state index contributed by atoms with van der Waals surface area (Å²) in [6.45, 7) is 1.74. The average molecular weight is 314 g/mol. The molecule has 5 heteroatoms. The Morgan fingerprint density at radius 2 is 2.04 bits per heavy atom. The minimum absolute atomic E-state index is 0.0356. The number of urea groups is 1. The summed E-state index contributed by atoms with van der Waals surface area (Å²) in [7, 11) is 0. The lowest BCUT2D eigenvalue weighted by molar-refractivity contribution is 0.0491. The monoisotopic (exact) mass is 314 g/mol. The van der Waals surface area contributed by atoms with Crippen molar-refractivity contribution in [3.63, 3.8) is 0 Å². The molecule has 0 aromatic heterocycles. The maximum Gasteiger partial charge on any atom is 0.321 e. The van der Waals surface area contributed by atoms with E-state index in [9.17, 15) is 9.18 Å². The van der Waals surface area contributed by atoms with Crippen molar-refractivity contribution in [1.29, 1.82) is 0 Å². The van der Waals surface area contributed by atoms with Crippen LogP contribution >= 0.6 is 0 Å². The first-order chi connectivity index (χ1) is 11.2. The van der Waals surface area contributed by atoms with E-state index in [-0.39, 0.29) is 18.0 Å². The van der Waals surface area contributed by atoms with Gasteiger partial charge in [-0.3, -0.25) is 0 Å². The zero-order chi connectivity index (χ0) is 16.1. The number of nitrogens with zero attached hydrogens (tertiary/aromatic N) is 1. The molecule has 1 fully saturated rings. The van der Waals surface area contributed by atoms with E-state index >= 15 is 0 Å². The molecule has 2 amide bonds. The molecule has 0 bridgehead atoms. The molecule has 3 rings (SSSR count). The Labute approximate surface area is 134 Å². The van der Waals surface area contributed by atoms with Crippen molar-refractivity contribution in [2.24, 2.45) is 0 Å². The number of ether oxygens (including phenoxy) is 1. The lowest BCUT2D eigenvalue weighted by atomic mass is 10.2. The third kappa shape index (κ3) is 4.29. The van der Waals surface area contributed by atoms with Gasteiger partial charge in [0, 0.05) is 18.8 Å². The molecular formula is C18H19FN2O2. The molecule has 0 radical (unpaired) electrons. The predicted molar refractivity (Wildman–Crippen MR) is 86.6 cm³/mol. The van der Waals surface area contributed by atoms with Crippen LogP contribution in [0, 0.1) is 5.82 Å². The number of hydrogen-bond donors (Lipinski definition) is 1. The van der Waals surface area contributed by atoms with E-state index in [0.29, 0.717) is 25.4 Å². The number of likely N-dealkylation sites (tertiary alicyclic amines) is 1. The number of nitrogens with one attached hydrogen (secondary N) is 1. The summed E-state index contributed by atoms with van der Waals surface area (Å²) < 4.78 is 19.0. The number of carbonyl (C=O) groups excluding carboxylic acids is 1. The highest BCUT2D eigenvalue weighted by Gasteiger charge is 2.26. The second kappa shape index (κ2) is 7.24. The fourth-order valence-electron chi connectivity index (χ4n) is 2.61. The van der Waals surface area contributed by atoms with Crippen molar-refractivity contribution in [3.8, 4) is 0 Å². The number of hydrogen-bond acceptors (Lipinski definition) is 2. The zero-order valence-corrected chi connectivity index (χ0v) is 12.7. The molecule has 1 aliphatic heterocycles. The van der Waals surface area contributed by atoms with E-state index in [1.54, 1.807) is 17.0 Å². The van der Waals surface area contributed by atoms with Gasteiger partial charge < -0.3 is 15.0 Å². The van der Waals surface area contributed by atoms with E-state index in [1.165, 1.54) is 12.1 Å². The highest BCUT2D eigenvalue weighted by Crippen LogP contribution is 2.17. The predicted octanol–water partition coefficient (Wildman–Crippen LogP) is 3.65. The van der Waals surface area contributed by atoms with Gasteiger partial charge in [0.1, 0.15) is 5.82 Å². The van der Waals surface area contributed by atoms with Crippen LogP contribution in [0.25, 0.3) is 0 Å². The third-order valence-corrected chi connectivity index (χ3v) is 3.84. The van der Waals surface area contributed by atoms with Crippen molar-refractivity contribution in [3.05, 3.63) is 66.0 Å². The van der Waals surface area contributed by atoms with Gasteiger partial charge in [-0.1, -0.05) is 36.4 Å². The van der Waals surface area contributed by atoms with Gasteiger partial charge in [0.05, 0.1) is 12.7 Å².